The van der Waals surface area contributed by atoms with Crippen LogP contribution in [0.25, 0.3) is 0 Å². The van der Waals surface area contributed by atoms with Crippen molar-refractivity contribution in [3.05, 3.63) is 44.6 Å². The fourth-order valence-electron chi connectivity index (χ4n) is 2.62. The second-order valence-electron chi connectivity index (χ2n) is 5.59. The normalized spacial score (nSPS) is 15.1. The van der Waals surface area contributed by atoms with E-state index in [9.17, 15) is 9.18 Å². The lowest BCUT2D eigenvalue weighted by Gasteiger charge is -2.11. The van der Waals surface area contributed by atoms with Crippen molar-refractivity contribution in [3.63, 3.8) is 0 Å². The second kappa shape index (κ2) is 6.95. The maximum atomic E-state index is 13.2. The van der Waals surface area contributed by atoms with E-state index in [1.54, 1.807) is 0 Å². The van der Waals surface area contributed by atoms with Crippen LogP contribution in [0.1, 0.15) is 33.2 Å². The van der Waals surface area contributed by atoms with Crippen molar-refractivity contribution in [2.45, 2.75) is 26.3 Å². The number of carbonyl (C=O) groups is 1. The summed E-state index contributed by atoms with van der Waals surface area (Å²) in [5.41, 5.74) is 1.19. The number of amides is 1. The van der Waals surface area contributed by atoms with Crippen molar-refractivity contribution in [1.82, 2.24) is 9.88 Å². The second-order valence-corrected chi connectivity index (χ2v) is 7.08. The van der Waals surface area contributed by atoms with Crippen molar-refractivity contribution >= 4 is 34.5 Å². The van der Waals surface area contributed by atoms with E-state index in [0.717, 1.165) is 30.3 Å². The molecule has 1 aliphatic rings. The molecule has 1 aromatic heterocycles. The molecule has 1 fully saturated rings. The fourth-order valence-corrected chi connectivity index (χ4v) is 3.81. The molecule has 2 aromatic rings. The summed E-state index contributed by atoms with van der Waals surface area (Å²) < 4.78 is 13.2. The molecular formula is C16H17ClFN3OS. The van der Waals surface area contributed by atoms with Crippen molar-refractivity contribution in [1.29, 1.82) is 0 Å². The molecule has 23 heavy (non-hydrogen) atoms. The van der Waals surface area contributed by atoms with Crippen LogP contribution in [-0.2, 0) is 6.54 Å². The number of benzene rings is 1. The Hall–Kier alpha value is -1.50. The SMILES string of the molecule is Cc1nc(CN2CCCC2)sc1C(=O)Nc1ccc(F)c(Cl)c1. The highest BCUT2D eigenvalue weighted by atomic mass is 35.5. The third kappa shape index (κ3) is 3.88. The first-order chi connectivity index (χ1) is 11.0. The van der Waals surface area contributed by atoms with E-state index in [1.807, 2.05) is 6.92 Å². The predicted molar refractivity (Wildman–Crippen MR) is 90.7 cm³/mol. The zero-order valence-electron chi connectivity index (χ0n) is 12.7. The highest BCUT2D eigenvalue weighted by molar-refractivity contribution is 7.13. The van der Waals surface area contributed by atoms with Gasteiger partial charge >= 0.3 is 0 Å². The molecule has 3 rings (SSSR count). The zero-order chi connectivity index (χ0) is 16.4. The van der Waals surface area contributed by atoms with Crippen molar-refractivity contribution in [2.24, 2.45) is 0 Å². The number of nitrogens with one attached hydrogen (secondary N) is 1. The summed E-state index contributed by atoms with van der Waals surface area (Å²) in [7, 11) is 0. The first kappa shape index (κ1) is 16.4. The number of thiazole rings is 1. The van der Waals surface area contributed by atoms with E-state index in [1.165, 1.54) is 42.4 Å². The molecule has 2 heterocycles. The van der Waals surface area contributed by atoms with Crippen LogP contribution < -0.4 is 5.32 Å². The van der Waals surface area contributed by atoms with Gasteiger partial charge in [0.25, 0.3) is 5.91 Å². The topological polar surface area (TPSA) is 45.2 Å². The predicted octanol–water partition coefficient (Wildman–Crippen LogP) is 4.09. The minimum Gasteiger partial charge on any atom is -0.321 e. The maximum absolute atomic E-state index is 13.2. The van der Waals surface area contributed by atoms with E-state index in [0.29, 0.717) is 10.6 Å². The summed E-state index contributed by atoms with van der Waals surface area (Å²) >= 11 is 7.14. The Kier molecular flexibility index (Phi) is 4.94. The average Bonchev–Trinajstić information content (AvgIpc) is 3.13. The van der Waals surface area contributed by atoms with Crippen LogP contribution >= 0.6 is 22.9 Å². The number of aromatic nitrogens is 1. The standard InChI is InChI=1S/C16H17ClFN3OS/c1-10-15(23-14(19-10)9-21-6-2-3-7-21)16(22)20-11-4-5-13(18)12(17)8-11/h4-5,8H,2-3,6-7,9H2,1H3,(H,20,22). The number of rotatable bonds is 4. The number of hydrogen-bond donors (Lipinski definition) is 1. The molecule has 122 valence electrons. The quantitative estimate of drug-likeness (QED) is 0.900. The molecule has 4 nitrogen and oxygen atoms in total. The number of aryl methyl sites for hydroxylation is 1. The minimum atomic E-state index is -0.508. The Morgan fingerprint density at radius 3 is 2.87 bits per heavy atom. The molecular weight excluding hydrogens is 337 g/mol. The van der Waals surface area contributed by atoms with Crippen LogP contribution in [0, 0.1) is 12.7 Å². The molecule has 1 aromatic carbocycles. The molecule has 0 radical (unpaired) electrons. The van der Waals surface area contributed by atoms with Crippen LogP contribution in [-0.4, -0.2) is 28.9 Å². The highest BCUT2D eigenvalue weighted by Gasteiger charge is 2.19. The summed E-state index contributed by atoms with van der Waals surface area (Å²) in [4.78, 5) is 19.8. The van der Waals surface area contributed by atoms with Crippen molar-refractivity contribution in [2.75, 3.05) is 18.4 Å². The first-order valence-electron chi connectivity index (χ1n) is 7.48. The lowest BCUT2D eigenvalue weighted by Crippen LogP contribution is -2.18. The van der Waals surface area contributed by atoms with E-state index in [-0.39, 0.29) is 10.9 Å². The van der Waals surface area contributed by atoms with Gasteiger partial charge in [0.2, 0.25) is 0 Å². The van der Waals surface area contributed by atoms with Gasteiger partial charge < -0.3 is 5.32 Å². The summed E-state index contributed by atoms with van der Waals surface area (Å²) in [6, 6.07) is 4.12. The molecule has 0 unspecified atom stereocenters. The monoisotopic (exact) mass is 353 g/mol. The Labute approximate surface area is 143 Å². The van der Waals surface area contributed by atoms with Gasteiger partial charge in [-0.3, -0.25) is 9.69 Å². The molecule has 1 N–H and O–H groups in total. The Morgan fingerprint density at radius 1 is 1.43 bits per heavy atom. The van der Waals surface area contributed by atoms with Crippen molar-refractivity contribution < 1.29 is 9.18 Å². The van der Waals surface area contributed by atoms with E-state index < -0.39 is 5.82 Å². The van der Waals surface area contributed by atoms with E-state index in [4.69, 9.17) is 11.6 Å². The van der Waals surface area contributed by atoms with Gasteiger partial charge in [0.05, 0.1) is 17.3 Å². The van der Waals surface area contributed by atoms with Crippen LogP contribution in [0.2, 0.25) is 5.02 Å². The number of carbonyl (C=O) groups excluding carboxylic acids is 1. The summed E-state index contributed by atoms with van der Waals surface area (Å²) in [5.74, 6) is -0.748. The van der Waals surface area contributed by atoms with Gasteiger partial charge in [-0.15, -0.1) is 11.3 Å². The third-order valence-electron chi connectivity index (χ3n) is 3.78. The van der Waals surface area contributed by atoms with Gasteiger partial charge in [-0.05, 0) is 51.1 Å². The number of nitrogens with zero attached hydrogens (tertiary/aromatic N) is 2. The molecule has 0 atom stereocenters. The maximum Gasteiger partial charge on any atom is 0.267 e. The lowest BCUT2D eigenvalue weighted by molar-refractivity contribution is 0.103. The molecule has 0 spiro atoms. The van der Waals surface area contributed by atoms with Gasteiger partial charge in [-0.25, -0.2) is 9.37 Å². The van der Waals surface area contributed by atoms with Gasteiger partial charge in [-0.1, -0.05) is 11.6 Å². The van der Waals surface area contributed by atoms with Crippen LogP contribution in [0.4, 0.5) is 10.1 Å². The van der Waals surface area contributed by atoms with Gasteiger partial charge in [-0.2, -0.15) is 0 Å². The summed E-state index contributed by atoms with van der Waals surface area (Å²) in [6.45, 7) is 4.81. The summed E-state index contributed by atoms with van der Waals surface area (Å²) in [6.07, 6.45) is 2.45. The lowest BCUT2D eigenvalue weighted by atomic mass is 10.3. The van der Waals surface area contributed by atoms with E-state index >= 15 is 0 Å². The Balaban J connectivity index is 1.71. The van der Waals surface area contributed by atoms with Crippen LogP contribution in [0.5, 0.6) is 0 Å². The van der Waals surface area contributed by atoms with Crippen molar-refractivity contribution in [3.8, 4) is 0 Å². The number of hydrogen-bond acceptors (Lipinski definition) is 4. The third-order valence-corrected chi connectivity index (χ3v) is 5.21. The molecule has 1 amide bonds. The minimum absolute atomic E-state index is 0.0152. The largest absolute Gasteiger partial charge is 0.321 e. The molecule has 0 aliphatic carbocycles. The molecule has 0 saturated carbocycles. The molecule has 7 heteroatoms. The van der Waals surface area contributed by atoms with Crippen LogP contribution in [0.3, 0.4) is 0 Å². The van der Waals surface area contributed by atoms with E-state index in [2.05, 4.69) is 15.2 Å². The number of anilines is 1. The first-order valence-corrected chi connectivity index (χ1v) is 8.67. The Morgan fingerprint density at radius 2 is 2.17 bits per heavy atom. The molecule has 1 aliphatic heterocycles. The number of halogens is 2. The highest BCUT2D eigenvalue weighted by Crippen LogP contribution is 2.24. The van der Waals surface area contributed by atoms with Gasteiger partial charge in [0.1, 0.15) is 15.7 Å². The number of likely N-dealkylation sites (tertiary alicyclic amines) is 1. The molecule has 1 saturated heterocycles. The van der Waals surface area contributed by atoms with Gasteiger partial charge in [0, 0.05) is 5.69 Å². The fraction of sp³-hybridized carbons (Fsp3) is 0.375. The van der Waals surface area contributed by atoms with Crippen LogP contribution in [0.15, 0.2) is 18.2 Å². The average molecular weight is 354 g/mol. The molecule has 0 bridgehead atoms. The van der Waals surface area contributed by atoms with Gasteiger partial charge in [0.15, 0.2) is 0 Å². The summed E-state index contributed by atoms with van der Waals surface area (Å²) in [5, 5.41) is 3.68. The smallest absolute Gasteiger partial charge is 0.267 e. The zero-order valence-corrected chi connectivity index (χ0v) is 14.3. The Bertz CT molecular complexity index is 728.